The van der Waals surface area contributed by atoms with Gasteiger partial charge in [0.1, 0.15) is 11.5 Å². The average molecular weight is 383 g/mol. The van der Waals surface area contributed by atoms with Crippen molar-refractivity contribution >= 4 is 32.6 Å². The number of carbonyl (C=O) groups excluding carboxylic acids is 1. The topological polar surface area (TPSA) is 54.9 Å². The molecule has 0 N–H and O–H groups in total. The third-order valence-electron chi connectivity index (χ3n) is 4.76. The SMILES string of the molecule is COc1ccc2nc(N3CCN(C(=O)c4ccccc4OC)CC3)sc2c1. The fourth-order valence-corrected chi connectivity index (χ4v) is 4.29. The number of fused-ring (bicyclic) bond motifs is 1. The fourth-order valence-electron chi connectivity index (χ4n) is 3.25. The number of aromatic nitrogens is 1. The molecule has 0 atom stereocenters. The number of ether oxygens (including phenoxy) is 2. The highest BCUT2D eigenvalue weighted by Gasteiger charge is 2.25. The van der Waals surface area contributed by atoms with E-state index in [9.17, 15) is 4.79 Å². The minimum absolute atomic E-state index is 0.0149. The van der Waals surface area contributed by atoms with Crippen LogP contribution in [0.2, 0.25) is 0 Å². The van der Waals surface area contributed by atoms with Gasteiger partial charge in [0, 0.05) is 26.2 Å². The number of hydrogen-bond donors (Lipinski definition) is 0. The summed E-state index contributed by atoms with van der Waals surface area (Å²) in [6.07, 6.45) is 0. The van der Waals surface area contributed by atoms with Gasteiger partial charge in [-0.3, -0.25) is 4.79 Å². The molecule has 0 radical (unpaired) electrons. The van der Waals surface area contributed by atoms with Gasteiger partial charge in [0.05, 0.1) is 30.0 Å². The smallest absolute Gasteiger partial charge is 0.257 e. The molecule has 4 rings (SSSR count). The van der Waals surface area contributed by atoms with Crippen LogP contribution in [0.1, 0.15) is 10.4 Å². The lowest BCUT2D eigenvalue weighted by Gasteiger charge is -2.34. The van der Waals surface area contributed by atoms with Gasteiger partial charge in [0.2, 0.25) is 0 Å². The molecule has 1 saturated heterocycles. The third-order valence-corrected chi connectivity index (χ3v) is 5.84. The molecule has 0 aliphatic carbocycles. The summed E-state index contributed by atoms with van der Waals surface area (Å²) in [6.45, 7) is 2.85. The number of benzene rings is 2. The molecule has 0 unspecified atom stereocenters. The van der Waals surface area contributed by atoms with Gasteiger partial charge >= 0.3 is 0 Å². The van der Waals surface area contributed by atoms with Crippen LogP contribution in [0.15, 0.2) is 42.5 Å². The molecule has 1 fully saturated rings. The summed E-state index contributed by atoms with van der Waals surface area (Å²) in [6, 6.07) is 13.3. The molecule has 0 bridgehead atoms. The lowest BCUT2D eigenvalue weighted by Crippen LogP contribution is -2.48. The molecule has 0 spiro atoms. The van der Waals surface area contributed by atoms with E-state index < -0.39 is 0 Å². The Kier molecular flexibility index (Phi) is 4.85. The summed E-state index contributed by atoms with van der Waals surface area (Å²) in [5, 5.41) is 0.989. The Bertz CT molecular complexity index is 964. The quantitative estimate of drug-likeness (QED) is 0.692. The highest BCUT2D eigenvalue weighted by atomic mass is 32.1. The van der Waals surface area contributed by atoms with Crippen molar-refractivity contribution in [2.45, 2.75) is 0 Å². The maximum atomic E-state index is 12.8. The number of thiazole rings is 1. The first kappa shape index (κ1) is 17.6. The van der Waals surface area contributed by atoms with E-state index >= 15 is 0 Å². The van der Waals surface area contributed by atoms with Crippen LogP contribution in [0.5, 0.6) is 11.5 Å². The molecule has 0 saturated carbocycles. The second-order valence-corrected chi connectivity index (χ2v) is 7.32. The first-order chi connectivity index (χ1) is 13.2. The van der Waals surface area contributed by atoms with Crippen LogP contribution in [-0.2, 0) is 0 Å². The largest absolute Gasteiger partial charge is 0.497 e. The summed E-state index contributed by atoms with van der Waals surface area (Å²) >= 11 is 1.66. The molecule has 27 heavy (non-hydrogen) atoms. The number of nitrogens with zero attached hydrogens (tertiary/aromatic N) is 3. The van der Waals surface area contributed by atoms with Crippen LogP contribution in [-0.4, -0.2) is 56.2 Å². The number of amides is 1. The molecule has 140 valence electrons. The van der Waals surface area contributed by atoms with Gasteiger partial charge in [0.25, 0.3) is 5.91 Å². The first-order valence-corrected chi connectivity index (χ1v) is 9.63. The van der Waals surface area contributed by atoms with E-state index in [1.165, 1.54) is 0 Å². The number of carbonyl (C=O) groups is 1. The molecular formula is C20H21N3O3S. The number of hydrogen-bond acceptors (Lipinski definition) is 6. The zero-order valence-corrected chi connectivity index (χ0v) is 16.2. The van der Waals surface area contributed by atoms with E-state index in [2.05, 4.69) is 4.90 Å². The molecule has 1 aliphatic heterocycles. The number of para-hydroxylation sites is 1. The number of piperazine rings is 1. The highest BCUT2D eigenvalue weighted by molar-refractivity contribution is 7.22. The second kappa shape index (κ2) is 7.44. The molecule has 3 aromatic rings. The van der Waals surface area contributed by atoms with E-state index in [0.717, 1.165) is 34.2 Å². The van der Waals surface area contributed by atoms with Crippen molar-refractivity contribution < 1.29 is 14.3 Å². The van der Waals surface area contributed by atoms with Gasteiger partial charge in [-0.05, 0) is 30.3 Å². The maximum absolute atomic E-state index is 12.8. The van der Waals surface area contributed by atoms with Crippen LogP contribution in [0.25, 0.3) is 10.2 Å². The summed E-state index contributed by atoms with van der Waals surface area (Å²) in [7, 11) is 3.26. The van der Waals surface area contributed by atoms with Crippen LogP contribution in [0, 0.1) is 0 Å². The van der Waals surface area contributed by atoms with Gasteiger partial charge in [-0.2, -0.15) is 0 Å². The second-order valence-electron chi connectivity index (χ2n) is 6.31. The Balaban J connectivity index is 1.46. The van der Waals surface area contributed by atoms with Crippen molar-refractivity contribution in [1.82, 2.24) is 9.88 Å². The molecule has 1 amide bonds. The monoisotopic (exact) mass is 383 g/mol. The fraction of sp³-hybridized carbons (Fsp3) is 0.300. The van der Waals surface area contributed by atoms with E-state index in [-0.39, 0.29) is 5.91 Å². The average Bonchev–Trinajstić information content (AvgIpc) is 3.16. The highest BCUT2D eigenvalue weighted by Crippen LogP contribution is 2.32. The molecular weight excluding hydrogens is 362 g/mol. The number of methoxy groups -OCH3 is 2. The van der Waals surface area contributed by atoms with Gasteiger partial charge in [0.15, 0.2) is 5.13 Å². The summed E-state index contributed by atoms with van der Waals surface area (Å²) in [5.41, 5.74) is 1.59. The Hall–Kier alpha value is -2.80. The minimum atomic E-state index is 0.0149. The van der Waals surface area contributed by atoms with E-state index in [0.29, 0.717) is 24.4 Å². The Morgan fingerprint density at radius 2 is 1.81 bits per heavy atom. The van der Waals surface area contributed by atoms with Crippen molar-refractivity contribution in [2.24, 2.45) is 0 Å². The van der Waals surface area contributed by atoms with Crippen LogP contribution < -0.4 is 14.4 Å². The predicted octanol–water partition coefficient (Wildman–Crippen LogP) is 3.28. The Labute approximate surface area is 161 Å². The minimum Gasteiger partial charge on any atom is -0.497 e. The normalized spacial score (nSPS) is 14.4. The van der Waals surface area contributed by atoms with Crippen molar-refractivity contribution in [3.63, 3.8) is 0 Å². The van der Waals surface area contributed by atoms with Crippen LogP contribution in [0.4, 0.5) is 5.13 Å². The summed E-state index contributed by atoms with van der Waals surface area (Å²) < 4.78 is 11.7. The van der Waals surface area contributed by atoms with Crippen LogP contribution in [0.3, 0.4) is 0 Å². The van der Waals surface area contributed by atoms with E-state index in [4.69, 9.17) is 14.5 Å². The van der Waals surface area contributed by atoms with Gasteiger partial charge in [-0.15, -0.1) is 0 Å². The van der Waals surface area contributed by atoms with Gasteiger partial charge < -0.3 is 19.3 Å². The molecule has 2 aromatic carbocycles. The number of rotatable bonds is 4. The van der Waals surface area contributed by atoms with E-state index in [1.807, 2.05) is 47.4 Å². The van der Waals surface area contributed by atoms with Crippen LogP contribution >= 0.6 is 11.3 Å². The lowest BCUT2D eigenvalue weighted by molar-refractivity contribution is 0.0743. The van der Waals surface area contributed by atoms with Crippen molar-refractivity contribution in [3.8, 4) is 11.5 Å². The Morgan fingerprint density at radius 1 is 1.04 bits per heavy atom. The zero-order chi connectivity index (χ0) is 18.8. The van der Waals surface area contributed by atoms with Crippen molar-refractivity contribution in [2.75, 3.05) is 45.3 Å². The molecule has 2 heterocycles. The number of anilines is 1. The summed E-state index contributed by atoms with van der Waals surface area (Å²) in [4.78, 5) is 21.7. The predicted molar refractivity (Wildman–Crippen MR) is 107 cm³/mol. The third kappa shape index (κ3) is 3.42. The lowest BCUT2D eigenvalue weighted by atomic mass is 10.1. The molecule has 1 aliphatic rings. The standard InChI is InChI=1S/C20H21N3O3S/c1-25-14-7-8-16-18(13-14)27-20(21-16)23-11-9-22(10-12-23)19(24)15-5-3-4-6-17(15)26-2/h3-8,13H,9-12H2,1-2H3. The maximum Gasteiger partial charge on any atom is 0.257 e. The molecule has 1 aromatic heterocycles. The molecule has 7 heteroatoms. The van der Waals surface area contributed by atoms with E-state index in [1.54, 1.807) is 25.6 Å². The first-order valence-electron chi connectivity index (χ1n) is 8.81. The van der Waals surface area contributed by atoms with Crippen molar-refractivity contribution in [3.05, 3.63) is 48.0 Å². The zero-order valence-electron chi connectivity index (χ0n) is 15.3. The van der Waals surface area contributed by atoms with Crippen molar-refractivity contribution in [1.29, 1.82) is 0 Å². The van der Waals surface area contributed by atoms with Gasteiger partial charge in [-0.1, -0.05) is 23.5 Å². The van der Waals surface area contributed by atoms with Gasteiger partial charge in [-0.25, -0.2) is 4.98 Å². The summed E-state index contributed by atoms with van der Waals surface area (Å²) in [5.74, 6) is 1.47. The molecule has 6 nitrogen and oxygen atoms in total. The Morgan fingerprint density at radius 3 is 2.56 bits per heavy atom.